The zero-order chi connectivity index (χ0) is 24.1. The third-order valence-corrected chi connectivity index (χ3v) is 6.32. The first-order valence-corrected chi connectivity index (χ1v) is 11.2. The van der Waals surface area contributed by atoms with Crippen molar-refractivity contribution in [3.8, 4) is 11.6 Å². The van der Waals surface area contributed by atoms with Crippen LogP contribution in [-0.2, 0) is 14.9 Å². The molecule has 3 aromatic rings. The Hall–Kier alpha value is -3.66. The van der Waals surface area contributed by atoms with E-state index < -0.39 is 5.91 Å². The van der Waals surface area contributed by atoms with E-state index >= 15 is 0 Å². The average Bonchev–Trinajstić information content (AvgIpc) is 3.45. The van der Waals surface area contributed by atoms with Gasteiger partial charge >= 0.3 is 0 Å². The number of pyridine rings is 1. The number of fused-ring (bicyclic) bond motifs is 2. The van der Waals surface area contributed by atoms with Crippen molar-refractivity contribution in [2.24, 2.45) is 5.73 Å². The summed E-state index contributed by atoms with van der Waals surface area (Å²) in [5, 5.41) is 2.81. The van der Waals surface area contributed by atoms with E-state index in [9.17, 15) is 4.79 Å². The minimum atomic E-state index is -0.472. The molecule has 1 saturated carbocycles. The van der Waals surface area contributed by atoms with Crippen molar-refractivity contribution >= 4 is 22.9 Å². The fourth-order valence-corrected chi connectivity index (χ4v) is 4.94. The fraction of sp³-hybridized carbons (Fsp3) is 0.417. The van der Waals surface area contributed by atoms with Crippen molar-refractivity contribution in [1.29, 1.82) is 0 Å². The largest absolute Gasteiger partial charge is 0.494 e. The van der Waals surface area contributed by atoms with Crippen molar-refractivity contribution in [1.82, 2.24) is 19.4 Å². The molecule has 1 aliphatic carbocycles. The lowest BCUT2D eigenvalue weighted by molar-refractivity contribution is -0.111. The molecule has 178 valence electrons. The molecule has 10 nitrogen and oxygen atoms in total. The molecule has 34 heavy (non-hydrogen) atoms. The summed E-state index contributed by atoms with van der Waals surface area (Å²) in [6, 6.07) is 3.43. The summed E-state index contributed by atoms with van der Waals surface area (Å²) in [6.07, 6.45) is 8.21. The number of hydrogen-bond donors (Lipinski definition) is 2. The summed E-state index contributed by atoms with van der Waals surface area (Å²) in [5.74, 6) is 0.598. The van der Waals surface area contributed by atoms with Crippen LogP contribution in [0.1, 0.15) is 45.0 Å². The van der Waals surface area contributed by atoms with Gasteiger partial charge in [0, 0.05) is 24.0 Å². The molecule has 0 spiro atoms. The van der Waals surface area contributed by atoms with Crippen molar-refractivity contribution < 1.29 is 19.0 Å². The monoisotopic (exact) mass is 464 g/mol. The Morgan fingerprint density at radius 3 is 2.76 bits per heavy atom. The number of ether oxygens (including phenoxy) is 3. The summed E-state index contributed by atoms with van der Waals surface area (Å²) in [4.78, 5) is 26.8. The Bertz CT molecular complexity index is 1290. The third kappa shape index (κ3) is 3.63. The minimum absolute atomic E-state index is 0.0536. The predicted molar refractivity (Wildman–Crippen MR) is 126 cm³/mol. The topological polar surface area (TPSA) is 126 Å². The van der Waals surface area contributed by atoms with Crippen LogP contribution in [-0.4, -0.2) is 50.7 Å². The molecule has 2 bridgehead atoms. The number of imidazole rings is 1. The molecule has 1 amide bonds. The van der Waals surface area contributed by atoms with Gasteiger partial charge in [-0.15, -0.1) is 0 Å². The van der Waals surface area contributed by atoms with Crippen LogP contribution in [0.5, 0.6) is 11.6 Å². The molecule has 5 heterocycles. The van der Waals surface area contributed by atoms with Gasteiger partial charge in [0.15, 0.2) is 5.82 Å². The molecule has 0 atom stereocenters. The molecule has 3 aliphatic rings. The summed E-state index contributed by atoms with van der Waals surface area (Å²) >= 11 is 0. The Balaban J connectivity index is 1.49. The number of methoxy groups -OCH3 is 1. The lowest BCUT2D eigenvalue weighted by atomic mass is 9.62. The van der Waals surface area contributed by atoms with Gasteiger partial charge in [-0.1, -0.05) is 0 Å². The number of hydrogen-bond acceptors (Lipinski definition) is 8. The normalized spacial score (nSPS) is 23.7. The summed E-state index contributed by atoms with van der Waals surface area (Å²) in [6.45, 7) is 6.62. The predicted octanol–water partition coefficient (Wildman–Crippen LogP) is 2.68. The molecule has 0 unspecified atom stereocenters. The zero-order valence-corrected chi connectivity index (χ0v) is 19.7. The quantitative estimate of drug-likeness (QED) is 0.511. The number of anilines is 1. The number of aromatic nitrogens is 4. The molecule has 0 radical (unpaired) electrons. The first-order chi connectivity index (χ1) is 16.3. The first-order valence-electron chi connectivity index (χ1n) is 11.2. The third-order valence-electron chi connectivity index (χ3n) is 6.32. The van der Waals surface area contributed by atoms with Gasteiger partial charge in [-0.05, 0) is 45.7 Å². The van der Waals surface area contributed by atoms with E-state index in [2.05, 4.69) is 22.2 Å². The van der Waals surface area contributed by atoms with Gasteiger partial charge in [-0.3, -0.25) is 14.2 Å². The molecule has 3 aromatic heterocycles. The van der Waals surface area contributed by atoms with Crippen LogP contribution >= 0.6 is 0 Å². The van der Waals surface area contributed by atoms with Crippen LogP contribution < -0.4 is 20.5 Å². The second-order valence-electron chi connectivity index (χ2n) is 9.42. The maximum Gasteiger partial charge on any atom is 0.260 e. The van der Waals surface area contributed by atoms with Crippen LogP contribution in [0.15, 0.2) is 36.9 Å². The Kier molecular flexibility index (Phi) is 5.20. The van der Waals surface area contributed by atoms with Crippen LogP contribution in [0.4, 0.5) is 5.82 Å². The number of nitrogens with one attached hydrogen (secondary N) is 1. The molecule has 6 rings (SSSR count). The van der Waals surface area contributed by atoms with Crippen LogP contribution in [0.2, 0.25) is 0 Å². The minimum Gasteiger partial charge on any atom is -0.494 e. The van der Waals surface area contributed by atoms with Crippen molar-refractivity contribution in [2.75, 3.05) is 19.0 Å². The van der Waals surface area contributed by atoms with Gasteiger partial charge in [0.2, 0.25) is 5.65 Å². The highest BCUT2D eigenvalue weighted by Crippen LogP contribution is 2.58. The van der Waals surface area contributed by atoms with Crippen LogP contribution in [0.3, 0.4) is 0 Å². The van der Waals surface area contributed by atoms with Gasteiger partial charge < -0.3 is 25.3 Å². The Labute approximate surface area is 197 Å². The van der Waals surface area contributed by atoms with E-state index in [1.165, 1.54) is 13.3 Å². The van der Waals surface area contributed by atoms with Gasteiger partial charge in [0.05, 0.1) is 42.9 Å². The number of carbonyl (C=O) groups excluding carboxylic acids is 1. The number of nitrogens with zero attached hydrogens (tertiary/aromatic N) is 4. The van der Waals surface area contributed by atoms with Crippen LogP contribution in [0.25, 0.3) is 11.2 Å². The highest BCUT2D eigenvalue weighted by Gasteiger charge is 2.61. The van der Waals surface area contributed by atoms with Crippen molar-refractivity contribution in [2.45, 2.75) is 50.7 Å². The van der Waals surface area contributed by atoms with E-state index in [1.54, 1.807) is 24.5 Å². The van der Waals surface area contributed by atoms with Gasteiger partial charge in [0.25, 0.3) is 11.8 Å². The average molecular weight is 465 g/mol. The molecule has 3 fully saturated rings. The fourth-order valence-electron chi connectivity index (χ4n) is 4.94. The Morgan fingerprint density at radius 1 is 1.32 bits per heavy atom. The van der Waals surface area contributed by atoms with Gasteiger partial charge in [0.1, 0.15) is 11.4 Å². The molecular weight excluding hydrogens is 436 g/mol. The highest BCUT2D eigenvalue weighted by atomic mass is 16.5. The zero-order valence-electron chi connectivity index (χ0n) is 19.7. The molecule has 2 saturated heterocycles. The lowest BCUT2D eigenvalue weighted by Crippen LogP contribution is -2.45. The first kappa shape index (κ1) is 22.1. The van der Waals surface area contributed by atoms with E-state index in [0.29, 0.717) is 35.4 Å². The molecule has 2 aliphatic heterocycles. The van der Waals surface area contributed by atoms with E-state index in [4.69, 9.17) is 24.9 Å². The lowest BCUT2D eigenvalue weighted by Gasteiger charge is -2.41. The van der Waals surface area contributed by atoms with E-state index in [-0.39, 0.29) is 22.7 Å². The van der Waals surface area contributed by atoms with Gasteiger partial charge in [-0.25, -0.2) is 4.98 Å². The second-order valence-corrected chi connectivity index (χ2v) is 9.42. The van der Waals surface area contributed by atoms with Crippen LogP contribution in [0, 0.1) is 0 Å². The van der Waals surface area contributed by atoms with Crippen molar-refractivity contribution in [3.05, 3.63) is 48.3 Å². The number of rotatable bonds is 7. The molecule has 3 N–H and O–H groups in total. The van der Waals surface area contributed by atoms with E-state index in [0.717, 1.165) is 18.5 Å². The number of amides is 1. The summed E-state index contributed by atoms with van der Waals surface area (Å²) in [7, 11) is 1.51. The number of carbonyl (C=O) groups is 1. The maximum absolute atomic E-state index is 13.1. The summed E-state index contributed by atoms with van der Waals surface area (Å²) < 4.78 is 19.1. The number of nitrogens with two attached hydrogens (primary N) is 1. The SMILES string of the molecule is COc1cccnc1/C(=C\N)C(=O)Nc1cn2cc(C34COC(C)(C3)C4)nc2c(OC(C)C)n1. The molecule has 0 aromatic carbocycles. The Morgan fingerprint density at radius 2 is 2.12 bits per heavy atom. The molecule has 10 heteroatoms. The van der Waals surface area contributed by atoms with Gasteiger partial charge in [-0.2, -0.15) is 4.98 Å². The van der Waals surface area contributed by atoms with Crippen molar-refractivity contribution in [3.63, 3.8) is 0 Å². The second kappa shape index (κ2) is 7.98. The smallest absolute Gasteiger partial charge is 0.260 e. The highest BCUT2D eigenvalue weighted by molar-refractivity contribution is 6.25. The summed E-state index contributed by atoms with van der Waals surface area (Å²) in [5.41, 5.74) is 7.69. The maximum atomic E-state index is 13.1. The standard InChI is InChI=1S/C24H28N6O4/c1-14(2)34-22-20-27-17(24-11-23(3,12-24)33-13-24)9-30(20)10-18(29-22)28-21(31)15(8-25)19-16(32-4)6-5-7-26-19/h5-10,14H,11-13,25H2,1-4H3,(H,28,31)/b15-8+. The molecular formula is C24H28N6O4. The van der Waals surface area contributed by atoms with E-state index in [1.807, 2.05) is 24.4 Å².